The smallest absolute Gasteiger partial charge is 0.408 e. The molecule has 0 radical (unpaired) electrons. The van der Waals surface area contributed by atoms with Crippen LogP contribution in [0, 0.1) is 81.8 Å². The van der Waals surface area contributed by atoms with E-state index in [-0.39, 0.29) is 126 Å². The standard InChI is InChI=1S/C84H119F2N5O24/c1-8-15-74-114-71-44-62-63-43-65(85)64-42-57(93)26-28-81(64,6)83(63,86)69(97)45-82(62,7)84(71,115-74)70(98)49-112-78(104)55(38-50(2)3)41-67(95)66(46-92)90-80(106)113-47-52-20-23-56(24-21-52)89-76(102)53(16-13-29-88-79(87)105)40-68(96)75(51(4)5)91-77(103)54(22-25-72(99)100)39-58(94)27-31-108-33-35-110-37-36-109-34-32-107-30-14-19-73(101)111-48-61-59-17-11-9-10-12-18-60(59)61/h20-21,23-24,26,28,42,50-51,53-55,59-63,65-66,69,71,74-75,92,97H,8,11-19,22,25,27,29-41,43-49H2,1-7H3,(H,89,102)(H,90,106)(H,91,103)(H,99,100)(H3,87,88,105)/t53-,54-,55-,59-,60+,61?,62+,63+,65+,66+,69+,71?,74?,75+,81+,82+,83+,84-/m1/s1. The first-order valence-corrected chi connectivity index (χ1v) is 40.8. The number of nitrogens with two attached hydrogens (primary N) is 1. The van der Waals surface area contributed by atoms with Crippen LogP contribution in [0.5, 0.6) is 0 Å². The van der Waals surface area contributed by atoms with Crippen molar-refractivity contribution in [2.24, 2.45) is 75.7 Å². The molecule has 0 aromatic heterocycles. The lowest BCUT2D eigenvalue weighted by atomic mass is 9.44. The van der Waals surface area contributed by atoms with E-state index in [0.29, 0.717) is 82.0 Å². The van der Waals surface area contributed by atoms with E-state index in [9.17, 15) is 72.9 Å². The number of esters is 2. The Labute approximate surface area is 671 Å². The van der Waals surface area contributed by atoms with Crippen LogP contribution in [0.25, 0.3) is 0 Å². The summed E-state index contributed by atoms with van der Waals surface area (Å²) in [4.78, 5) is 159. The molecule has 7 aliphatic rings. The quantitative estimate of drug-likeness (QED) is 0.0133. The zero-order valence-corrected chi connectivity index (χ0v) is 67.4. The number of Topliss-reactive ketones (excluding diaryl/α,β-unsaturated/α-hetero) is 4. The lowest BCUT2D eigenvalue weighted by Gasteiger charge is -2.63. The summed E-state index contributed by atoms with van der Waals surface area (Å²) in [6.07, 6.45) is 0.553. The van der Waals surface area contributed by atoms with Crippen LogP contribution >= 0.6 is 0 Å². The van der Waals surface area contributed by atoms with Crippen molar-refractivity contribution in [1.29, 1.82) is 0 Å². The first-order chi connectivity index (χ1) is 54.8. The van der Waals surface area contributed by atoms with Crippen molar-refractivity contribution in [2.75, 3.05) is 84.5 Å². The Morgan fingerprint density at radius 1 is 0.748 bits per heavy atom. The highest BCUT2D eigenvalue weighted by atomic mass is 19.1. The van der Waals surface area contributed by atoms with Crippen molar-refractivity contribution >= 4 is 76.5 Å². The van der Waals surface area contributed by atoms with Gasteiger partial charge in [-0.15, -0.1) is 11.8 Å². The molecule has 29 nitrogen and oxygen atoms in total. The number of carbonyl (C=O) groups excluding carboxylic acids is 11. The van der Waals surface area contributed by atoms with Gasteiger partial charge in [-0.1, -0.05) is 66.2 Å². The van der Waals surface area contributed by atoms with Crippen LogP contribution in [0.2, 0.25) is 0 Å². The van der Waals surface area contributed by atoms with Crippen molar-refractivity contribution in [3.8, 4) is 11.8 Å². The average Bonchev–Trinajstić information content (AvgIpc) is 1.57. The molecule has 1 aromatic carbocycles. The molecule has 9 N–H and O–H groups in total. The van der Waals surface area contributed by atoms with Crippen LogP contribution in [0.4, 0.5) is 24.1 Å². The SMILES string of the molecule is CCCC1OC2C[C@H]3[C@@H]4C[C@H](F)C5=CC(=O)C=C[C@]5(C)[C@@]4(F)[C@@H](O)C[C@]3(C)[C@]2(C(=O)COC(=O)[C@@H](CC(=O)[C@H](CO)NC(=O)OCc2ccc(NC(=O)[C@H](CCCNC(N)=O)CC(=O)[C@@H](NC(=O)[C@H](CCC(=O)O)CC(=O)CCOCCOCCOCCOCCCC(=O)OCC3[C@H]4CCC#CCC[C@@H]34)C(C)C)cc2)CC(C)C)O1. The summed E-state index contributed by atoms with van der Waals surface area (Å²) in [7, 11) is 0. The number of rotatable bonds is 50. The second-order valence-electron chi connectivity index (χ2n) is 32.8. The van der Waals surface area contributed by atoms with Gasteiger partial charge in [0.25, 0.3) is 0 Å². The third kappa shape index (κ3) is 24.4. The van der Waals surface area contributed by atoms with Crippen molar-refractivity contribution in [2.45, 2.75) is 232 Å². The molecular weight excluding hydrogens is 1500 g/mol. The van der Waals surface area contributed by atoms with Gasteiger partial charge in [0, 0.05) is 98.8 Å². The number of alkyl halides is 2. The number of urea groups is 1. The highest BCUT2D eigenvalue weighted by molar-refractivity contribution is 6.02. The van der Waals surface area contributed by atoms with Gasteiger partial charge in [0.1, 0.15) is 24.6 Å². The Kier molecular flexibility index (Phi) is 35.0. The summed E-state index contributed by atoms with van der Waals surface area (Å²) in [5, 5.41) is 42.2. The average molecular weight is 1620 g/mol. The topological polar surface area (TPSA) is 423 Å². The molecular formula is C84H119F2N5O24. The molecule has 5 amide bonds. The van der Waals surface area contributed by atoms with E-state index in [4.69, 9.17) is 48.4 Å². The molecule has 3 unspecified atom stereocenters. The number of allylic oxidation sites excluding steroid dienone is 4. The molecule has 1 aliphatic heterocycles. The van der Waals surface area contributed by atoms with Crippen molar-refractivity contribution in [3.05, 3.63) is 53.6 Å². The highest BCUT2D eigenvalue weighted by Gasteiger charge is 2.80. The van der Waals surface area contributed by atoms with Gasteiger partial charge in [0.2, 0.25) is 17.6 Å². The molecule has 8 rings (SSSR count). The molecule has 0 spiro atoms. The third-order valence-electron chi connectivity index (χ3n) is 24.0. The summed E-state index contributed by atoms with van der Waals surface area (Å²) in [6, 6.07) is 2.46. The number of hydrogen-bond acceptors (Lipinski definition) is 23. The highest BCUT2D eigenvalue weighted by Crippen LogP contribution is 2.72. The van der Waals surface area contributed by atoms with Crippen molar-refractivity contribution < 1.29 is 124 Å². The molecule has 31 heteroatoms. The van der Waals surface area contributed by atoms with Crippen LogP contribution in [-0.2, 0) is 97.2 Å². The number of benzene rings is 1. The van der Waals surface area contributed by atoms with Crippen LogP contribution in [-0.4, -0.2) is 213 Å². The Morgan fingerprint density at radius 3 is 2.02 bits per heavy atom. The van der Waals surface area contributed by atoms with Crippen molar-refractivity contribution in [1.82, 2.24) is 16.0 Å². The molecule has 5 fully saturated rings. The largest absolute Gasteiger partial charge is 0.481 e. The fourth-order valence-electron chi connectivity index (χ4n) is 17.9. The number of nitrogens with one attached hydrogen (secondary N) is 4. The van der Waals surface area contributed by atoms with Crippen LogP contribution in [0.15, 0.2) is 48.1 Å². The number of halogens is 2. The number of ether oxygens (including phenoxy) is 9. The normalized spacial score (nSPS) is 27.5. The van der Waals surface area contributed by atoms with Gasteiger partial charge in [0.15, 0.2) is 41.5 Å². The Balaban J connectivity index is 0.755. The molecule has 6 aliphatic carbocycles. The van der Waals surface area contributed by atoms with Crippen LogP contribution in [0.3, 0.4) is 0 Å². The van der Waals surface area contributed by atoms with Crippen LogP contribution in [0.1, 0.15) is 182 Å². The summed E-state index contributed by atoms with van der Waals surface area (Å²) in [6.45, 7) is 12.4. The van der Waals surface area contributed by atoms with Gasteiger partial charge >= 0.3 is 30.0 Å². The molecule has 0 bridgehead atoms. The number of carboxylic acid groups (broad SMARTS) is 1. The number of aliphatic hydroxyl groups is 2. The van der Waals surface area contributed by atoms with E-state index in [0.717, 1.165) is 31.8 Å². The molecule has 1 saturated heterocycles. The number of anilines is 1. The first-order valence-electron chi connectivity index (χ1n) is 40.8. The Morgan fingerprint density at radius 2 is 1.39 bits per heavy atom. The predicted octanol–water partition coefficient (Wildman–Crippen LogP) is 7.98. The number of alkyl carbamates (subject to hydrolysis) is 1. The number of hydrogen-bond donors (Lipinski definition) is 8. The van der Waals surface area contributed by atoms with Gasteiger partial charge in [-0.25, -0.2) is 18.4 Å². The van der Waals surface area contributed by atoms with E-state index in [2.05, 4.69) is 33.1 Å². The second-order valence-corrected chi connectivity index (χ2v) is 32.8. The zero-order chi connectivity index (χ0) is 83.8. The molecule has 1 aromatic rings. The Bertz CT molecular complexity index is 3680. The maximum atomic E-state index is 18.1. The van der Waals surface area contributed by atoms with Gasteiger partial charge in [-0.3, -0.25) is 47.9 Å². The minimum Gasteiger partial charge on any atom is -0.481 e. The number of aliphatic carboxylic acids is 1. The van der Waals surface area contributed by atoms with E-state index in [1.807, 2.05) is 6.92 Å². The van der Waals surface area contributed by atoms with Gasteiger partial charge in [0.05, 0.1) is 83.6 Å². The van der Waals surface area contributed by atoms with E-state index >= 15 is 8.78 Å². The number of fused-ring (bicyclic) bond motifs is 8. The summed E-state index contributed by atoms with van der Waals surface area (Å²) >= 11 is 0. The second kappa shape index (κ2) is 43.5. The molecule has 4 saturated carbocycles. The summed E-state index contributed by atoms with van der Waals surface area (Å²) in [5.41, 5.74) is -1.51. The minimum atomic E-state index is -2.45. The zero-order valence-electron chi connectivity index (χ0n) is 67.4. The number of aliphatic hydroxyl groups excluding tert-OH is 2. The van der Waals surface area contributed by atoms with E-state index < -0.39 is 186 Å². The number of carbonyl (C=O) groups is 12. The monoisotopic (exact) mass is 1620 g/mol. The minimum absolute atomic E-state index is 0.000909. The van der Waals surface area contributed by atoms with E-state index in [1.54, 1.807) is 34.6 Å². The first kappa shape index (κ1) is 92.5. The molecule has 115 heavy (non-hydrogen) atoms. The number of amides is 5. The maximum absolute atomic E-state index is 18.1. The third-order valence-corrected chi connectivity index (χ3v) is 24.0. The summed E-state index contributed by atoms with van der Waals surface area (Å²) in [5.74, 6) is -4.54. The maximum Gasteiger partial charge on any atom is 0.408 e. The summed E-state index contributed by atoms with van der Waals surface area (Å²) < 4.78 is 86.3. The molecule has 18 atom stereocenters. The molecule has 1 heterocycles. The fourth-order valence-corrected chi connectivity index (χ4v) is 17.9. The van der Waals surface area contributed by atoms with E-state index in [1.165, 1.54) is 43.3 Å². The number of primary amides is 1. The fraction of sp³-hybridized carbons (Fsp3) is 0.714. The van der Waals surface area contributed by atoms with Gasteiger partial charge in [-0.2, -0.15) is 0 Å². The van der Waals surface area contributed by atoms with Crippen LogP contribution < -0.4 is 27.0 Å². The lowest BCUT2D eigenvalue weighted by Crippen LogP contribution is -2.71. The number of carboxylic acids is 1. The van der Waals surface area contributed by atoms with Crippen molar-refractivity contribution in [3.63, 3.8) is 0 Å². The predicted molar refractivity (Wildman–Crippen MR) is 411 cm³/mol. The lowest BCUT2D eigenvalue weighted by molar-refractivity contribution is -0.235. The van der Waals surface area contributed by atoms with Gasteiger partial charge < -0.3 is 85.0 Å². The van der Waals surface area contributed by atoms with Gasteiger partial charge in [-0.05, 0) is 148 Å². The number of ketones is 5. The molecule has 638 valence electrons. The Hall–Kier alpha value is -7.96.